The first-order valence-electron chi connectivity index (χ1n) is 17.3. The molecule has 1 aromatic carbocycles. The van der Waals surface area contributed by atoms with Gasteiger partial charge in [0.05, 0.1) is 41.4 Å². The van der Waals surface area contributed by atoms with Gasteiger partial charge in [0.1, 0.15) is 29.7 Å². The molecule has 0 bridgehead atoms. The van der Waals surface area contributed by atoms with Crippen molar-refractivity contribution in [2.45, 2.75) is 135 Å². The molecule has 2 heterocycles. The van der Waals surface area contributed by atoms with Gasteiger partial charge in [0.2, 0.25) is 0 Å². The number of carbonyl (C=O) groups is 2. The number of epoxide rings is 1. The maximum Gasteiger partial charge on any atom is 0.309 e. The lowest BCUT2D eigenvalue weighted by molar-refractivity contribution is -0.157. The number of aliphatic hydroxyl groups is 3. The normalized spacial score (nSPS) is 31.8. The number of halogens is 2. The number of carbonyl (C=O) groups excluding carboxylic acids is 2. The Bertz CT molecular complexity index is 1390. The summed E-state index contributed by atoms with van der Waals surface area (Å²) in [6.45, 7) is 12.4. The van der Waals surface area contributed by atoms with Gasteiger partial charge in [0.25, 0.3) is 0 Å². The minimum absolute atomic E-state index is 0.0243. The zero-order valence-electron chi connectivity index (χ0n) is 30.4. The molecule has 0 radical (unpaired) electrons. The number of methoxy groups -OCH3 is 1. The molecule has 0 aromatic heterocycles. The van der Waals surface area contributed by atoms with E-state index in [2.05, 4.69) is 12.2 Å². The van der Waals surface area contributed by atoms with Gasteiger partial charge in [-0.3, -0.25) is 9.59 Å². The molecule has 0 spiro atoms. The summed E-state index contributed by atoms with van der Waals surface area (Å²) in [6, 6.07) is 3.96. The topological polar surface area (TPSA) is 147 Å². The Hall–Kier alpha value is -2.64. The number of ether oxygens (including phenoxy) is 4. The van der Waals surface area contributed by atoms with Crippen LogP contribution in [0.1, 0.15) is 79.7 Å². The molecular weight excluding hydrogens is 669 g/mol. The van der Waals surface area contributed by atoms with Crippen molar-refractivity contribution in [2.24, 2.45) is 11.8 Å². The molecule has 3 rings (SSSR count). The number of hydrogen-bond acceptors (Lipinski definition) is 10. The molecule has 0 aliphatic carbocycles. The SMILES string of the molecule is CC[C@H](OC)[C@@H](C)C1OC1C(NCc1ccc(Cl)c(F)c1)C(C)(O)/C=C/C=C(\C)[C@H]1OC(=O)CC(O)CCC(C)(O)[C@@H](OC(C)=O)/C=C/C1C. The molecule has 4 N–H and O–H groups in total. The van der Waals surface area contributed by atoms with Crippen LogP contribution in [0.15, 0.2) is 54.2 Å². The molecule has 10 nitrogen and oxygen atoms in total. The molecule has 2 aliphatic rings. The van der Waals surface area contributed by atoms with E-state index in [1.54, 1.807) is 57.4 Å². The van der Waals surface area contributed by atoms with Crippen LogP contribution in [-0.4, -0.2) is 88.2 Å². The van der Waals surface area contributed by atoms with Gasteiger partial charge in [-0.2, -0.15) is 0 Å². The van der Waals surface area contributed by atoms with Crippen LogP contribution < -0.4 is 5.32 Å². The maximum absolute atomic E-state index is 14.2. The fourth-order valence-electron chi connectivity index (χ4n) is 6.55. The Morgan fingerprint density at radius 2 is 1.98 bits per heavy atom. The van der Waals surface area contributed by atoms with E-state index >= 15 is 0 Å². The molecule has 1 saturated heterocycles. The highest BCUT2D eigenvalue weighted by Crippen LogP contribution is 2.39. The van der Waals surface area contributed by atoms with E-state index in [1.165, 1.54) is 26.0 Å². The second-order valence-corrected chi connectivity index (χ2v) is 14.6. The average molecular weight is 724 g/mol. The third-order valence-electron chi connectivity index (χ3n) is 9.70. The van der Waals surface area contributed by atoms with Crippen LogP contribution in [0.5, 0.6) is 0 Å². The molecule has 280 valence electrons. The summed E-state index contributed by atoms with van der Waals surface area (Å²) in [7, 11) is 1.67. The van der Waals surface area contributed by atoms with Crippen LogP contribution >= 0.6 is 11.6 Å². The first-order chi connectivity index (χ1) is 23.4. The van der Waals surface area contributed by atoms with Crippen LogP contribution in [0.2, 0.25) is 5.02 Å². The molecule has 7 unspecified atom stereocenters. The van der Waals surface area contributed by atoms with Gasteiger partial charge in [-0.05, 0) is 69.4 Å². The van der Waals surface area contributed by atoms with Crippen molar-refractivity contribution in [1.29, 1.82) is 0 Å². The van der Waals surface area contributed by atoms with Crippen LogP contribution in [0.25, 0.3) is 0 Å². The third kappa shape index (κ3) is 11.7. The first-order valence-corrected chi connectivity index (χ1v) is 17.7. The molecule has 1 aromatic rings. The van der Waals surface area contributed by atoms with Crippen molar-refractivity contribution in [3.63, 3.8) is 0 Å². The zero-order valence-corrected chi connectivity index (χ0v) is 31.2. The van der Waals surface area contributed by atoms with Gasteiger partial charge >= 0.3 is 11.9 Å². The minimum Gasteiger partial charge on any atom is -0.457 e. The summed E-state index contributed by atoms with van der Waals surface area (Å²) in [6.07, 6.45) is 5.69. The van der Waals surface area contributed by atoms with Gasteiger partial charge < -0.3 is 39.6 Å². The predicted octanol–water partition coefficient (Wildman–Crippen LogP) is 5.35. The summed E-state index contributed by atoms with van der Waals surface area (Å²) in [5, 5.41) is 36.8. The standard InChI is InChI=1S/C38H55ClFNO9/c1-9-30(47-8)24(4)34-35(50-34)36(41-21-26-13-14-28(39)29(40)19-26)38(7,46)17-10-11-22(2)33-23(3)12-15-31(48-25(5)42)37(6,45)18-16-27(43)20-32(44)49-33/h10-15,17,19,23-24,27,30-31,33-36,41,43,45-46H,9,16,18,20-21H2,1-8H3/b15-12+,17-10+,22-11+/t23?,24-,27?,30+,31+,33-,34?,35?,36?,37?,38?/m1/s1. The lowest BCUT2D eigenvalue weighted by atomic mass is 9.87. The van der Waals surface area contributed by atoms with E-state index in [9.17, 15) is 29.3 Å². The van der Waals surface area contributed by atoms with E-state index in [0.717, 1.165) is 6.42 Å². The van der Waals surface area contributed by atoms with Crippen molar-refractivity contribution in [3.05, 3.63) is 70.6 Å². The highest BCUT2D eigenvalue weighted by molar-refractivity contribution is 6.30. The molecule has 0 saturated carbocycles. The molecule has 0 amide bonds. The number of benzene rings is 1. The molecule has 50 heavy (non-hydrogen) atoms. The quantitative estimate of drug-likeness (QED) is 0.0909. The van der Waals surface area contributed by atoms with Crippen molar-refractivity contribution in [2.75, 3.05) is 7.11 Å². The second kappa shape index (κ2) is 18.2. The Balaban J connectivity index is 1.88. The van der Waals surface area contributed by atoms with Crippen molar-refractivity contribution in [1.82, 2.24) is 5.32 Å². The Morgan fingerprint density at radius 1 is 1.28 bits per heavy atom. The van der Waals surface area contributed by atoms with Gasteiger partial charge in [0.15, 0.2) is 0 Å². The Kier molecular flexibility index (Phi) is 15.2. The van der Waals surface area contributed by atoms with Gasteiger partial charge in [-0.25, -0.2) is 4.39 Å². The highest BCUT2D eigenvalue weighted by Gasteiger charge is 2.54. The molecule has 12 heteroatoms. The molecule has 1 fully saturated rings. The van der Waals surface area contributed by atoms with Crippen LogP contribution in [0.3, 0.4) is 0 Å². The zero-order chi connectivity index (χ0) is 37.4. The maximum atomic E-state index is 14.2. The van der Waals surface area contributed by atoms with E-state index in [0.29, 0.717) is 11.1 Å². The third-order valence-corrected chi connectivity index (χ3v) is 10.0. The van der Waals surface area contributed by atoms with Gasteiger partial charge in [-0.1, -0.05) is 62.7 Å². The minimum atomic E-state index is -1.48. The summed E-state index contributed by atoms with van der Waals surface area (Å²) < 4.78 is 37.2. The van der Waals surface area contributed by atoms with Crippen molar-refractivity contribution in [3.8, 4) is 0 Å². The van der Waals surface area contributed by atoms with Crippen molar-refractivity contribution < 1.29 is 48.2 Å². The molecule has 11 atom stereocenters. The lowest BCUT2D eigenvalue weighted by Gasteiger charge is -2.32. The van der Waals surface area contributed by atoms with Gasteiger partial charge in [0, 0.05) is 32.4 Å². The van der Waals surface area contributed by atoms with Crippen LogP contribution in [0, 0.1) is 17.7 Å². The number of cyclic esters (lactones) is 1. The highest BCUT2D eigenvalue weighted by atomic mass is 35.5. The summed E-state index contributed by atoms with van der Waals surface area (Å²) >= 11 is 5.88. The summed E-state index contributed by atoms with van der Waals surface area (Å²) in [5.74, 6) is -2.06. The Labute approximate surface area is 300 Å². The lowest BCUT2D eigenvalue weighted by Crippen LogP contribution is -2.52. The second-order valence-electron chi connectivity index (χ2n) is 14.1. The first kappa shape index (κ1) is 41.8. The number of allylic oxidation sites excluding steroid dienone is 2. The number of esters is 2. The number of hydrogen-bond donors (Lipinski definition) is 4. The fraction of sp³-hybridized carbons (Fsp3) is 0.632. The molecule has 2 aliphatic heterocycles. The van der Waals surface area contributed by atoms with Crippen LogP contribution in [-0.2, 0) is 35.1 Å². The van der Waals surface area contributed by atoms with Gasteiger partial charge in [-0.15, -0.1) is 0 Å². The smallest absolute Gasteiger partial charge is 0.309 e. The number of rotatable bonds is 13. The average Bonchev–Trinajstić information content (AvgIpc) is 3.82. The number of aliphatic hydroxyl groups excluding tert-OH is 1. The number of nitrogens with one attached hydrogen (secondary N) is 1. The van der Waals surface area contributed by atoms with Crippen LogP contribution in [0.4, 0.5) is 4.39 Å². The van der Waals surface area contributed by atoms with E-state index in [-0.39, 0.29) is 55.1 Å². The fourth-order valence-corrected chi connectivity index (χ4v) is 6.67. The monoisotopic (exact) mass is 723 g/mol. The van der Waals surface area contributed by atoms with E-state index in [4.69, 9.17) is 30.5 Å². The summed E-state index contributed by atoms with van der Waals surface area (Å²) in [5.41, 5.74) is -1.63. The summed E-state index contributed by atoms with van der Waals surface area (Å²) in [4.78, 5) is 24.7. The van der Waals surface area contributed by atoms with Crippen molar-refractivity contribution >= 4 is 23.5 Å². The van der Waals surface area contributed by atoms with E-state index in [1.807, 2.05) is 13.8 Å². The largest absolute Gasteiger partial charge is 0.457 e. The Morgan fingerprint density at radius 3 is 2.60 bits per heavy atom. The molecular formula is C38H55ClFNO9. The predicted molar refractivity (Wildman–Crippen MR) is 189 cm³/mol. The van der Waals surface area contributed by atoms with E-state index < -0.39 is 59.2 Å².